The van der Waals surface area contributed by atoms with Crippen LogP contribution in [-0.4, -0.2) is 23.3 Å². The van der Waals surface area contributed by atoms with Crippen molar-refractivity contribution in [3.05, 3.63) is 41.2 Å². The molecule has 0 amide bonds. The van der Waals surface area contributed by atoms with Crippen LogP contribution in [0.2, 0.25) is 5.02 Å². The van der Waals surface area contributed by atoms with Gasteiger partial charge in [-0.3, -0.25) is 0 Å². The number of oxime groups is 1. The average Bonchev–Trinajstić information content (AvgIpc) is 2.41. The number of benzene rings is 1. The lowest BCUT2D eigenvalue weighted by Gasteiger charge is -2.09. The predicted molar refractivity (Wildman–Crippen MR) is 75.8 cm³/mol. The van der Waals surface area contributed by atoms with Crippen molar-refractivity contribution in [2.24, 2.45) is 5.16 Å². The fourth-order valence-corrected chi connectivity index (χ4v) is 1.54. The number of anilines is 3. The highest BCUT2D eigenvalue weighted by Crippen LogP contribution is 2.21. The first-order valence-corrected chi connectivity index (χ1v) is 5.78. The van der Waals surface area contributed by atoms with Crippen molar-refractivity contribution in [2.45, 2.75) is 0 Å². The first-order valence-electron chi connectivity index (χ1n) is 5.40. The van der Waals surface area contributed by atoms with Gasteiger partial charge >= 0.3 is 0 Å². The number of aromatic nitrogens is 2. The van der Waals surface area contributed by atoms with E-state index in [0.29, 0.717) is 22.2 Å². The molecule has 0 saturated carbocycles. The van der Waals surface area contributed by atoms with E-state index in [1.807, 2.05) is 12.1 Å². The van der Waals surface area contributed by atoms with E-state index in [-0.39, 0.29) is 0 Å². The number of nitrogens with zero attached hydrogens (tertiary/aromatic N) is 3. The van der Waals surface area contributed by atoms with Crippen molar-refractivity contribution in [1.82, 2.24) is 9.97 Å². The Kier molecular flexibility index (Phi) is 4.15. The number of hydrogen-bond donors (Lipinski definition) is 2. The number of hydrogen-bond acceptors (Lipinski definition) is 6. The first kappa shape index (κ1) is 13.1. The van der Waals surface area contributed by atoms with Crippen LogP contribution < -0.4 is 11.1 Å². The molecule has 6 nitrogen and oxygen atoms in total. The van der Waals surface area contributed by atoms with Gasteiger partial charge in [0.05, 0.1) is 11.8 Å². The van der Waals surface area contributed by atoms with Crippen LogP contribution in [0.1, 0.15) is 5.56 Å². The van der Waals surface area contributed by atoms with E-state index in [4.69, 9.17) is 17.3 Å². The third-order valence-electron chi connectivity index (χ3n) is 2.31. The van der Waals surface area contributed by atoms with Crippen molar-refractivity contribution in [3.8, 4) is 0 Å². The summed E-state index contributed by atoms with van der Waals surface area (Å²) in [6.07, 6.45) is 2.82. The lowest BCUT2D eigenvalue weighted by Crippen LogP contribution is -2.04. The number of nitrogens with one attached hydrogen (secondary N) is 1. The van der Waals surface area contributed by atoms with E-state index in [2.05, 4.69) is 25.3 Å². The molecule has 2 rings (SSSR count). The summed E-state index contributed by atoms with van der Waals surface area (Å²) in [7, 11) is 1.45. The van der Waals surface area contributed by atoms with E-state index in [1.165, 1.54) is 19.7 Å². The van der Waals surface area contributed by atoms with Crippen LogP contribution in [0, 0.1) is 0 Å². The minimum absolute atomic E-state index is 0.312. The molecule has 0 fully saturated rings. The van der Waals surface area contributed by atoms with Crippen LogP contribution in [0.4, 0.5) is 17.3 Å². The summed E-state index contributed by atoms with van der Waals surface area (Å²) >= 11 is 5.83. The Morgan fingerprint density at radius 3 is 2.74 bits per heavy atom. The molecule has 1 aromatic carbocycles. The Morgan fingerprint density at radius 1 is 1.32 bits per heavy atom. The summed E-state index contributed by atoms with van der Waals surface area (Å²) in [5, 5.41) is 7.45. The normalized spacial score (nSPS) is 10.6. The van der Waals surface area contributed by atoms with Crippen LogP contribution in [0.25, 0.3) is 0 Å². The maximum atomic E-state index is 5.83. The summed E-state index contributed by atoms with van der Waals surface area (Å²) < 4.78 is 0. The SMILES string of the molecule is CON=Cc1c(N)ncnc1Nc1ccc(Cl)cc1. The topological polar surface area (TPSA) is 85.4 Å². The second kappa shape index (κ2) is 6.01. The Bertz CT molecular complexity index is 585. The molecule has 98 valence electrons. The standard InChI is InChI=1S/C12H12ClN5O/c1-19-17-6-10-11(14)15-7-16-12(10)18-9-4-2-8(13)3-5-9/h2-7H,1H3,(H3,14,15,16,18). The number of rotatable bonds is 4. The molecule has 0 spiro atoms. The highest BCUT2D eigenvalue weighted by Gasteiger charge is 2.07. The maximum Gasteiger partial charge on any atom is 0.144 e. The fraction of sp³-hybridized carbons (Fsp3) is 0.0833. The Morgan fingerprint density at radius 2 is 2.05 bits per heavy atom. The Hall–Kier alpha value is -2.34. The van der Waals surface area contributed by atoms with Gasteiger partial charge in [0.25, 0.3) is 0 Å². The molecule has 0 atom stereocenters. The summed E-state index contributed by atoms with van der Waals surface area (Å²) in [6, 6.07) is 7.21. The minimum Gasteiger partial charge on any atom is -0.399 e. The molecule has 3 N–H and O–H groups in total. The van der Waals surface area contributed by atoms with E-state index >= 15 is 0 Å². The monoisotopic (exact) mass is 277 g/mol. The van der Waals surface area contributed by atoms with Crippen LogP contribution in [0.3, 0.4) is 0 Å². The molecule has 7 heteroatoms. The number of halogens is 1. The van der Waals surface area contributed by atoms with E-state index in [1.54, 1.807) is 12.1 Å². The highest BCUT2D eigenvalue weighted by atomic mass is 35.5. The molecule has 0 aliphatic carbocycles. The van der Waals surface area contributed by atoms with Crippen molar-refractivity contribution in [3.63, 3.8) is 0 Å². The summed E-state index contributed by atoms with van der Waals surface area (Å²) in [4.78, 5) is 12.7. The second-order valence-corrected chi connectivity index (χ2v) is 4.01. The zero-order valence-electron chi connectivity index (χ0n) is 10.2. The summed E-state index contributed by atoms with van der Waals surface area (Å²) in [5.41, 5.74) is 7.16. The number of nitrogen functional groups attached to an aromatic ring is 1. The van der Waals surface area contributed by atoms with Gasteiger partial charge in [-0.2, -0.15) is 0 Å². The molecule has 1 heterocycles. The quantitative estimate of drug-likeness (QED) is 0.662. The predicted octanol–water partition coefficient (Wildman–Crippen LogP) is 2.44. The van der Waals surface area contributed by atoms with Crippen LogP contribution in [0.5, 0.6) is 0 Å². The lowest BCUT2D eigenvalue weighted by atomic mass is 10.2. The van der Waals surface area contributed by atoms with Crippen LogP contribution in [-0.2, 0) is 4.84 Å². The first-order chi connectivity index (χ1) is 9.20. The third-order valence-corrected chi connectivity index (χ3v) is 2.56. The van der Waals surface area contributed by atoms with Gasteiger partial charge in [-0.25, -0.2) is 9.97 Å². The van der Waals surface area contributed by atoms with Crippen molar-refractivity contribution in [2.75, 3.05) is 18.2 Å². The van der Waals surface area contributed by atoms with E-state index < -0.39 is 0 Å². The van der Waals surface area contributed by atoms with Gasteiger partial charge in [-0.05, 0) is 24.3 Å². The van der Waals surface area contributed by atoms with Crippen molar-refractivity contribution in [1.29, 1.82) is 0 Å². The van der Waals surface area contributed by atoms with Gasteiger partial charge in [-0.15, -0.1) is 0 Å². The fourth-order valence-electron chi connectivity index (χ4n) is 1.41. The molecular weight excluding hydrogens is 266 g/mol. The van der Waals surface area contributed by atoms with E-state index in [9.17, 15) is 0 Å². The zero-order chi connectivity index (χ0) is 13.7. The molecule has 0 aliphatic rings. The molecule has 19 heavy (non-hydrogen) atoms. The average molecular weight is 278 g/mol. The van der Waals surface area contributed by atoms with E-state index in [0.717, 1.165) is 5.69 Å². The second-order valence-electron chi connectivity index (χ2n) is 3.57. The lowest BCUT2D eigenvalue weighted by molar-refractivity contribution is 0.215. The molecule has 0 unspecified atom stereocenters. The highest BCUT2D eigenvalue weighted by molar-refractivity contribution is 6.30. The van der Waals surface area contributed by atoms with Crippen molar-refractivity contribution < 1.29 is 4.84 Å². The Balaban J connectivity index is 2.31. The zero-order valence-corrected chi connectivity index (χ0v) is 10.9. The van der Waals surface area contributed by atoms with Gasteiger partial charge in [-0.1, -0.05) is 16.8 Å². The third kappa shape index (κ3) is 3.32. The molecule has 0 saturated heterocycles. The summed E-state index contributed by atoms with van der Waals surface area (Å²) in [6.45, 7) is 0. The van der Waals surface area contributed by atoms with Crippen LogP contribution in [0.15, 0.2) is 35.7 Å². The molecule has 1 aromatic heterocycles. The largest absolute Gasteiger partial charge is 0.399 e. The Labute approximate surface area is 115 Å². The smallest absolute Gasteiger partial charge is 0.144 e. The van der Waals surface area contributed by atoms with Crippen LogP contribution >= 0.6 is 11.6 Å². The summed E-state index contributed by atoms with van der Waals surface area (Å²) in [5.74, 6) is 0.850. The van der Waals surface area contributed by atoms with Gasteiger partial charge in [0.1, 0.15) is 25.1 Å². The van der Waals surface area contributed by atoms with Crippen molar-refractivity contribution >= 4 is 35.1 Å². The minimum atomic E-state index is 0.312. The van der Waals surface area contributed by atoms with Gasteiger partial charge in [0.15, 0.2) is 0 Å². The molecule has 0 bridgehead atoms. The van der Waals surface area contributed by atoms with Gasteiger partial charge < -0.3 is 15.9 Å². The maximum absolute atomic E-state index is 5.83. The molecular formula is C12H12ClN5O. The molecule has 0 aliphatic heterocycles. The molecule has 0 radical (unpaired) electrons. The van der Waals surface area contributed by atoms with Gasteiger partial charge in [0.2, 0.25) is 0 Å². The van der Waals surface area contributed by atoms with Gasteiger partial charge in [0, 0.05) is 10.7 Å². The molecule has 2 aromatic rings. The number of nitrogens with two attached hydrogens (primary N) is 1.